The molecule has 0 bridgehead atoms. The lowest BCUT2D eigenvalue weighted by atomic mass is 9.95. The van der Waals surface area contributed by atoms with Crippen molar-refractivity contribution in [3.8, 4) is 0 Å². The quantitative estimate of drug-likeness (QED) is 0.613. The van der Waals surface area contributed by atoms with Crippen molar-refractivity contribution in [3.05, 3.63) is 0 Å². The average Bonchev–Trinajstić information content (AvgIpc) is 2.27. The van der Waals surface area contributed by atoms with Crippen LogP contribution in [0, 0.1) is 0 Å². The van der Waals surface area contributed by atoms with Crippen molar-refractivity contribution in [2.75, 3.05) is 6.54 Å². The van der Waals surface area contributed by atoms with Crippen LogP contribution >= 0.6 is 0 Å². The molecule has 1 aliphatic carbocycles. The van der Waals surface area contributed by atoms with Crippen LogP contribution in [0.1, 0.15) is 39.0 Å². The van der Waals surface area contributed by atoms with E-state index in [-0.39, 0.29) is 12.5 Å². The third-order valence-electron chi connectivity index (χ3n) is 2.97. The third kappa shape index (κ3) is 4.61. The van der Waals surface area contributed by atoms with E-state index in [1.54, 1.807) is 6.92 Å². The van der Waals surface area contributed by atoms with Crippen molar-refractivity contribution >= 4 is 11.8 Å². The molecule has 0 aromatic heterocycles. The first-order valence-corrected chi connectivity index (χ1v) is 5.91. The first-order chi connectivity index (χ1) is 7.59. The number of rotatable bonds is 5. The van der Waals surface area contributed by atoms with Gasteiger partial charge < -0.3 is 11.1 Å². The van der Waals surface area contributed by atoms with Crippen molar-refractivity contribution in [3.63, 3.8) is 0 Å². The molecule has 1 atom stereocenters. The Kier molecular flexibility index (Phi) is 5.25. The molecule has 0 saturated heterocycles. The topological polar surface area (TPSA) is 84.2 Å². The van der Waals surface area contributed by atoms with Gasteiger partial charge >= 0.3 is 0 Å². The van der Waals surface area contributed by atoms with E-state index in [1.807, 2.05) is 0 Å². The maximum absolute atomic E-state index is 11.5. The van der Waals surface area contributed by atoms with E-state index in [9.17, 15) is 9.59 Å². The average molecular weight is 227 g/mol. The van der Waals surface area contributed by atoms with E-state index in [2.05, 4.69) is 10.6 Å². The summed E-state index contributed by atoms with van der Waals surface area (Å²) in [5.41, 5.74) is 5.07. The van der Waals surface area contributed by atoms with Gasteiger partial charge in [0.2, 0.25) is 11.8 Å². The van der Waals surface area contributed by atoms with Gasteiger partial charge in [-0.25, -0.2) is 0 Å². The second-order valence-corrected chi connectivity index (χ2v) is 4.41. The number of carbonyl (C=O) groups is 2. The van der Waals surface area contributed by atoms with Crippen molar-refractivity contribution in [2.24, 2.45) is 5.73 Å². The Morgan fingerprint density at radius 3 is 2.50 bits per heavy atom. The molecule has 1 saturated carbocycles. The summed E-state index contributed by atoms with van der Waals surface area (Å²) in [7, 11) is 0. The Hall–Kier alpha value is -1.10. The lowest BCUT2D eigenvalue weighted by Gasteiger charge is -2.23. The minimum atomic E-state index is -0.461. The molecule has 2 amide bonds. The van der Waals surface area contributed by atoms with Crippen LogP contribution < -0.4 is 16.4 Å². The fraction of sp³-hybridized carbons (Fsp3) is 0.818. The van der Waals surface area contributed by atoms with Gasteiger partial charge in [-0.2, -0.15) is 0 Å². The van der Waals surface area contributed by atoms with Crippen molar-refractivity contribution in [1.29, 1.82) is 0 Å². The fourth-order valence-electron chi connectivity index (χ4n) is 1.87. The molecule has 0 spiro atoms. The molecule has 0 aromatic rings. The van der Waals surface area contributed by atoms with Gasteiger partial charge in [-0.15, -0.1) is 0 Å². The van der Waals surface area contributed by atoms with Crippen molar-refractivity contribution < 1.29 is 9.59 Å². The first kappa shape index (κ1) is 13.0. The molecule has 5 nitrogen and oxygen atoms in total. The fourth-order valence-corrected chi connectivity index (χ4v) is 1.87. The van der Waals surface area contributed by atoms with Gasteiger partial charge in [0.1, 0.15) is 0 Å². The predicted molar refractivity (Wildman–Crippen MR) is 61.7 cm³/mol. The third-order valence-corrected chi connectivity index (χ3v) is 2.97. The summed E-state index contributed by atoms with van der Waals surface area (Å²) in [6.45, 7) is 1.80. The number of hydrogen-bond donors (Lipinski definition) is 3. The van der Waals surface area contributed by atoms with Crippen molar-refractivity contribution in [2.45, 2.75) is 51.1 Å². The van der Waals surface area contributed by atoms with Gasteiger partial charge in [0, 0.05) is 6.04 Å². The molecule has 92 valence electrons. The molecule has 0 heterocycles. The van der Waals surface area contributed by atoms with Gasteiger partial charge in [-0.3, -0.25) is 14.9 Å². The molecule has 16 heavy (non-hydrogen) atoms. The minimum Gasteiger partial charge on any atom is -0.368 e. The summed E-state index contributed by atoms with van der Waals surface area (Å²) in [6, 6.07) is -0.149. The summed E-state index contributed by atoms with van der Waals surface area (Å²) in [5.74, 6) is -0.495. The van der Waals surface area contributed by atoms with Crippen LogP contribution in [0.5, 0.6) is 0 Å². The minimum absolute atomic E-state index is 0.0556. The van der Waals surface area contributed by atoms with Crippen LogP contribution in [-0.4, -0.2) is 30.4 Å². The largest absolute Gasteiger partial charge is 0.368 e. The zero-order chi connectivity index (χ0) is 12.0. The number of primary amides is 1. The predicted octanol–water partition coefficient (Wildman–Crippen LogP) is -0.101. The van der Waals surface area contributed by atoms with E-state index in [1.165, 1.54) is 19.3 Å². The number of nitrogens with two attached hydrogens (primary N) is 1. The lowest BCUT2D eigenvalue weighted by Crippen LogP contribution is -2.46. The SMILES string of the molecule is CC(NCC(=O)NC1CCCCC1)C(N)=O. The highest BCUT2D eigenvalue weighted by atomic mass is 16.2. The summed E-state index contributed by atoms with van der Waals surface area (Å²) in [6.07, 6.45) is 5.78. The Bertz CT molecular complexity index is 250. The second-order valence-electron chi connectivity index (χ2n) is 4.41. The number of nitrogens with one attached hydrogen (secondary N) is 2. The zero-order valence-electron chi connectivity index (χ0n) is 9.79. The van der Waals surface area contributed by atoms with E-state index in [4.69, 9.17) is 5.73 Å². The summed E-state index contributed by atoms with van der Waals surface area (Å²) < 4.78 is 0. The molecule has 0 aromatic carbocycles. The standard InChI is InChI=1S/C11H21N3O2/c1-8(11(12)16)13-7-10(15)14-9-5-3-2-4-6-9/h8-9,13H,2-7H2,1H3,(H2,12,16)(H,14,15). The second kappa shape index (κ2) is 6.48. The Morgan fingerprint density at radius 1 is 1.31 bits per heavy atom. The van der Waals surface area contributed by atoms with Gasteiger partial charge in [-0.1, -0.05) is 19.3 Å². The molecule has 5 heteroatoms. The van der Waals surface area contributed by atoms with Crippen LogP contribution in [-0.2, 0) is 9.59 Å². The van der Waals surface area contributed by atoms with Gasteiger partial charge in [0.15, 0.2) is 0 Å². The highest BCUT2D eigenvalue weighted by Gasteiger charge is 2.16. The lowest BCUT2D eigenvalue weighted by molar-refractivity contribution is -0.122. The summed E-state index contributed by atoms with van der Waals surface area (Å²) in [5, 5.41) is 5.74. The van der Waals surface area contributed by atoms with Gasteiger partial charge in [0.25, 0.3) is 0 Å². The highest BCUT2D eigenvalue weighted by Crippen LogP contribution is 2.16. The molecular formula is C11H21N3O2. The van der Waals surface area contributed by atoms with E-state index in [0.29, 0.717) is 6.04 Å². The van der Waals surface area contributed by atoms with Crippen molar-refractivity contribution in [1.82, 2.24) is 10.6 Å². The van der Waals surface area contributed by atoms with Gasteiger partial charge in [0.05, 0.1) is 12.6 Å². The van der Waals surface area contributed by atoms with Crippen LogP contribution in [0.15, 0.2) is 0 Å². The molecule has 0 aliphatic heterocycles. The molecular weight excluding hydrogens is 206 g/mol. The zero-order valence-corrected chi connectivity index (χ0v) is 9.79. The van der Waals surface area contributed by atoms with Crippen LogP contribution in [0.25, 0.3) is 0 Å². The number of hydrogen-bond acceptors (Lipinski definition) is 3. The van der Waals surface area contributed by atoms with E-state index < -0.39 is 11.9 Å². The molecule has 1 unspecified atom stereocenters. The van der Waals surface area contributed by atoms with Crippen LogP contribution in [0.4, 0.5) is 0 Å². The summed E-state index contributed by atoms with van der Waals surface area (Å²) in [4.78, 5) is 22.2. The van der Waals surface area contributed by atoms with Gasteiger partial charge in [-0.05, 0) is 19.8 Å². The first-order valence-electron chi connectivity index (χ1n) is 5.91. The maximum Gasteiger partial charge on any atom is 0.234 e. The van der Waals surface area contributed by atoms with Crippen LogP contribution in [0.3, 0.4) is 0 Å². The molecule has 1 fully saturated rings. The molecule has 1 rings (SSSR count). The number of amides is 2. The van der Waals surface area contributed by atoms with E-state index in [0.717, 1.165) is 12.8 Å². The van der Waals surface area contributed by atoms with Crippen LogP contribution in [0.2, 0.25) is 0 Å². The monoisotopic (exact) mass is 227 g/mol. The molecule has 1 aliphatic rings. The Balaban J connectivity index is 2.17. The molecule has 0 radical (unpaired) electrons. The maximum atomic E-state index is 11.5. The Labute approximate surface area is 96.1 Å². The summed E-state index contributed by atoms with van der Waals surface area (Å²) >= 11 is 0. The molecule has 4 N–H and O–H groups in total. The van der Waals surface area contributed by atoms with E-state index >= 15 is 0 Å². The smallest absolute Gasteiger partial charge is 0.234 e. The Morgan fingerprint density at radius 2 is 1.94 bits per heavy atom. The number of carbonyl (C=O) groups excluding carboxylic acids is 2. The highest BCUT2D eigenvalue weighted by molar-refractivity contribution is 5.82. The normalized spacial score (nSPS) is 19.1.